The molecular weight excluding hydrogens is 267 g/mol. The van der Waals surface area contributed by atoms with Crippen molar-refractivity contribution in [3.05, 3.63) is 44.5 Å². The van der Waals surface area contributed by atoms with Gasteiger partial charge in [0, 0.05) is 0 Å². The number of hydrogen-bond acceptors (Lipinski definition) is 4. The first-order chi connectivity index (χ1) is 8.77. The standard InChI is InChI=1S/C10H4F3N3O3/c11-10(12,13)15-6-2-1-5(4-14)3-7(6)16(19)9(18)8(15)17/h1-3,19H. The number of nitriles is 1. The molecular formula is C10H4F3N3O3. The third-order valence-electron chi connectivity index (χ3n) is 2.41. The zero-order valence-corrected chi connectivity index (χ0v) is 8.97. The van der Waals surface area contributed by atoms with Gasteiger partial charge >= 0.3 is 17.4 Å². The summed E-state index contributed by atoms with van der Waals surface area (Å²) in [5, 5.41) is 18.0. The van der Waals surface area contributed by atoms with Gasteiger partial charge in [-0.15, -0.1) is 17.9 Å². The van der Waals surface area contributed by atoms with Crippen molar-refractivity contribution in [2.45, 2.75) is 6.30 Å². The maximum Gasteiger partial charge on any atom is 0.492 e. The number of benzene rings is 1. The largest absolute Gasteiger partial charge is 0.492 e. The molecule has 2 aromatic rings. The van der Waals surface area contributed by atoms with Crippen molar-refractivity contribution in [1.29, 1.82) is 5.26 Å². The maximum absolute atomic E-state index is 12.7. The zero-order valence-electron chi connectivity index (χ0n) is 8.97. The normalized spacial score (nSPS) is 11.5. The highest BCUT2D eigenvalue weighted by Gasteiger charge is 2.35. The van der Waals surface area contributed by atoms with E-state index in [2.05, 4.69) is 0 Å². The van der Waals surface area contributed by atoms with Crippen LogP contribution in [0, 0.1) is 11.3 Å². The molecule has 0 aliphatic carbocycles. The van der Waals surface area contributed by atoms with Gasteiger partial charge in [-0.05, 0) is 18.2 Å². The van der Waals surface area contributed by atoms with Crippen LogP contribution in [0.3, 0.4) is 0 Å². The van der Waals surface area contributed by atoms with Crippen molar-refractivity contribution < 1.29 is 18.4 Å². The summed E-state index contributed by atoms with van der Waals surface area (Å²) in [5.74, 6) is 0. The molecule has 0 aliphatic rings. The van der Waals surface area contributed by atoms with Gasteiger partial charge in [0.15, 0.2) is 0 Å². The number of fused-ring (bicyclic) bond motifs is 1. The van der Waals surface area contributed by atoms with Crippen LogP contribution < -0.4 is 11.1 Å². The molecule has 0 unspecified atom stereocenters. The lowest BCUT2D eigenvalue weighted by Crippen LogP contribution is -2.45. The Morgan fingerprint density at radius 1 is 1.16 bits per heavy atom. The minimum atomic E-state index is -5.11. The van der Waals surface area contributed by atoms with E-state index in [-0.39, 0.29) is 10.3 Å². The highest BCUT2D eigenvalue weighted by molar-refractivity contribution is 5.76. The van der Waals surface area contributed by atoms with Gasteiger partial charge in [0.05, 0.1) is 17.1 Å². The van der Waals surface area contributed by atoms with E-state index in [1.807, 2.05) is 0 Å². The minimum Gasteiger partial charge on any atom is -0.425 e. The molecule has 0 amide bonds. The molecule has 2 rings (SSSR count). The number of hydrogen-bond donors (Lipinski definition) is 1. The van der Waals surface area contributed by atoms with E-state index in [0.29, 0.717) is 0 Å². The van der Waals surface area contributed by atoms with Gasteiger partial charge in [-0.25, -0.2) is 4.57 Å². The molecule has 0 saturated carbocycles. The maximum atomic E-state index is 12.7. The van der Waals surface area contributed by atoms with E-state index < -0.39 is 33.0 Å². The van der Waals surface area contributed by atoms with Crippen molar-refractivity contribution in [3.8, 4) is 6.07 Å². The number of rotatable bonds is 0. The summed E-state index contributed by atoms with van der Waals surface area (Å²) in [6.07, 6.45) is -5.11. The second-order valence-electron chi connectivity index (χ2n) is 3.54. The van der Waals surface area contributed by atoms with E-state index in [0.717, 1.165) is 18.2 Å². The lowest BCUT2D eigenvalue weighted by Gasteiger charge is -2.13. The Balaban J connectivity index is 3.11. The van der Waals surface area contributed by atoms with Gasteiger partial charge in [-0.3, -0.25) is 9.59 Å². The quantitative estimate of drug-likeness (QED) is 0.565. The highest BCUT2D eigenvalue weighted by Crippen LogP contribution is 2.24. The van der Waals surface area contributed by atoms with E-state index >= 15 is 0 Å². The molecule has 19 heavy (non-hydrogen) atoms. The van der Waals surface area contributed by atoms with Crippen molar-refractivity contribution in [2.75, 3.05) is 0 Å². The Bertz CT molecular complexity index is 826. The van der Waals surface area contributed by atoms with Crippen LogP contribution >= 0.6 is 0 Å². The predicted octanol–water partition coefficient (Wildman–Crippen LogP) is 0.748. The van der Waals surface area contributed by atoms with Crippen molar-refractivity contribution in [2.24, 2.45) is 0 Å². The Morgan fingerprint density at radius 2 is 1.79 bits per heavy atom. The van der Waals surface area contributed by atoms with Crippen LogP contribution in [0.25, 0.3) is 11.0 Å². The summed E-state index contributed by atoms with van der Waals surface area (Å²) in [6, 6.07) is 4.38. The smallest absolute Gasteiger partial charge is 0.425 e. The number of aromatic nitrogens is 2. The van der Waals surface area contributed by atoms with Crippen molar-refractivity contribution in [1.82, 2.24) is 9.30 Å². The molecule has 1 heterocycles. The lowest BCUT2D eigenvalue weighted by molar-refractivity contribution is -0.203. The topological polar surface area (TPSA) is 88.0 Å². The van der Waals surface area contributed by atoms with Gasteiger partial charge in [-0.2, -0.15) is 5.26 Å². The third kappa shape index (κ3) is 1.83. The summed E-state index contributed by atoms with van der Waals surface area (Å²) in [7, 11) is 0. The molecule has 1 aromatic carbocycles. The van der Waals surface area contributed by atoms with Gasteiger partial charge in [0.2, 0.25) is 0 Å². The summed E-state index contributed by atoms with van der Waals surface area (Å²) in [6.45, 7) is 0. The first kappa shape index (κ1) is 12.7. The average molecular weight is 271 g/mol. The second-order valence-corrected chi connectivity index (χ2v) is 3.54. The van der Waals surface area contributed by atoms with E-state index in [1.54, 1.807) is 6.07 Å². The first-order valence-electron chi connectivity index (χ1n) is 4.75. The lowest BCUT2D eigenvalue weighted by atomic mass is 10.2. The van der Waals surface area contributed by atoms with Gasteiger partial charge < -0.3 is 5.21 Å². The average Bonchev–Trinajstić information content (AvgIpc) is 2.34. The molecule has 0 spiro atoms. The third-order valence-corrected chi connectivity index (χ3v) is 2.41. The van der Waals surface area contributed by atoms with Crippen LogP contribution in [0.2, 0.25) is 0 Å². The van der Waals surface area contributed by atoms with Crippen LogP contribution in [0.5, 0.6) is 0 Å². The monoisotopic (exact) mass is 271 g/mol. The van der Waals surface area contributed by atoms with Crippen LogP contribution in [-0.2, 0) is 6.30 Å². The Morgan fingerprint density at radius 3 is 2.32 bits per heavy atom. The molecule has 0 bridgehead atoms. The molecule has 1 N–H and O–H groups in total. The van der Waals surface area contributed by atoms with Gasteiger partial charge in [0.1, 0.15) is 5.52 Å². The van der Waals surface area contributed by atoms with E-state index in [4.69, 9.17) is 5.26 Å². The minimum absolute atomic E-state index is 0.0675. The van der Waals surface area contributed by atoms with Crippen LogP contribution in [0.1, 0.15) is 5.56 Å². The molecule has 98 valence electrons. The van der Waals surface area contributed by atoms with Crippen LogP contribution in [0.4, 0.5) is 13.2 Å². The predicted molar refractivity (Wildman–Crippen MR) is 55.7 cm³/mol. The number of alkyl halides is 3. The Labute approximate surface area is 102 Å². The van der Waals surface area contributed by atoms with Gasteiger partial charge in [0.25, 0.3) is 0 Å². The molecule has 6 nitrogen and oxygen atoms in total. The molecule has 0 radical (unpaired) electrons. The molecule has 1 aromatic heterocycles. The van der Waals surface area contributed by atoms with Crippen molar-refractivity contribution in [3.63, 3.8) is 0 Å². The zero-order chi connectivity index (χ0) is 14.4. The Hall–Kier alpha value is -2.76. The first-order valence-corrected chi connectivity index (χ1v) is 4.75. The summed E-state index contributed by atoms with van der Waals surface area (Å²) in [4.78, 5) is 22.5. The van der Waals surface area contributed by atoms with Crippen LogP contribution in [-0.4, -0.2) is 14.5 Å². The number of nitrogens with zero attached hydrogens (tertiary/aromatic N) is 3. The second kappa shape index (κ2) is 3.88. The van der Waals surface area contributed by atoms with Gasteiger partial charge in [-0.1, -0.05) is 0 Å². The van der Waals surface area contributed by atoms with Crippen LogP contribution in [0.15, 0.2) is 27.8 Å². The fourth-order valence-electron chi connectivity index (χ4n) is 1.61. The SMILES string of the molecule is N#Cc1ccc2c(c1)n(O)c(=O)c(=O)n2C(F)(F)F. The number of halogens is 3. The highest BCUT2D eigenvalue weighted by atomic mass is 19.4. The molecule has 9 heteroatoms. The molecule has 0 fully saturated rings. The molecule has 0 saturated heterocycles. The fourth-order valence-corrected chi connectivity index (χ4v) is 1.61. The summed E-state index contributed by atoms with van der Waals surface area (Å²) >= 11 is 0. The van der Waals surface area contributed by atoms with E-state index in [9.17, 15) is 28.0 Å². The molecule has 0 aliphatic heterocycles. The Kier molecular flexibility index (Phi) is 2.59. The fraction of sp³-hybridized carbons (Fsp3) is 0.100. The summed E-state index contributed by atoms with van der Waals surface area (Å²) < 4.78 is 37.3. The molecule has 0 atom stereocenters. The van der Waals surface area contributed by atoms with E-state index in [1.165, 1.54) is 0 Å². The summed E-state index contributed by atoms with van der Waals surface area (Å²) in [5.41, 5.74) is -5.05. The van der Waals surface area contributed by atoms with Crippen molar-refractivity contribution >= 4 is 11.0 Å².